The van der Waals surface area contributed by atoms with Crippen LogP contribution in [0, 0.1) is 5.92 Å². The summed E-state index contributed by atoms with van der Waals surface area (Å²) in [5.74, 6) is -0.522. The number of rotatable bonds is 9. The minimum absolute atomic E-state index is 0.0701. The molecule has 1 aliphatic heterocycles. The number of pyridine rings is 1. The Morgan fingerprint density at radius 3 is 2.44 bits per heavy atom. The van der Waals surface area contributed by atoms with Gasteiger partial charge in [-0.1, -0.05) is 67.0 Å². The molecule has 1 saturated carbocycles. The lowest BCUT2D eigenvalue weighted by molar-refractivity contribution is -0.142. The fraction of sp³-hybridized carbons (Fsp3) is 0.452. The van der Waals surface area contributed by atoms with E-state index in [-0.39, 0.29) is 23.6 Å². The van der Waals surface area contributed by atoms with Gasteiger partial charge in [-0.25, -0.2) is 4.98 Å². The van der Waals surface area contributed by atoms with Gasteiger partial charge in [-0.3, -0.25) is 19.4 Å². The molecule has 3 amide bonds. The highest BCUT2D eigenvalue weighted by molar-refractivity contribution is 7.19. The standard InChI is InChI=1S/C31H38N6O3S/c1-20(32-2)27(38)34-26(22-14-7-4-8-15-22)31(40)37-19-11-17-24(37)28(39)36-30-25(21-12-5-3-6-13-21)35-29(41-30)23-16-9-10-18-33-23/h3,5-6,9-10,12-13,16,18,20,22,24,26,32H,4,7-8,11,14-15,17,19H2,1-2H3,(H,34,38)(H,36,39)/t20-,24-,26-/m0/s1. The van der Waals surface area contributed by atoms with Crippen molar-refractivity contribution in [3.05, 3.63) is 54.7 Å². The van der Waals surface area contributed by atoms with Gasteiger partial charge in [-0.15, -0.1) is 0 Å². The second-order valence-corrected chi connectivity index (χ2v) is 11.9. The summed E-state index contributed by atoms with van der Waals surface area (Å²) >= 11 is 1.37. The first-order valence-corrected chi connectivity index (χ1v) is 15.3. The van der Waals surface area contributed by atoms with Gasteiger partial charge in [0.15, 0.2) is 0 Å². The van der Waals surface area contributed by atoms with Gasteiger partial charge in [-0.05, 0) is 57.7 Å². The summed E-state index contributed by atoms with van der Waals surface area (Å²) in [6.07, 6.45) is 8.05. The number of benzene rings is 1. The van der Waals surface area contributed by atoms with E-state index in [2.05, 4.69) is 20.9 Å². The third-order valence-corrected chi connectivity index (χ3v) is 9.14. The number of hydrogen-bond acceptors (Lipinski definition) is 7. The molecule has 1 aliphatic carbocycles. The Hall–Kier alpha value is -3.63. The molecule has 3 N–H and O–H groups in total. The van der Waals surface area contributed by atoms with E-state index in [0.717, 1.165) is 49.8 Å². The molecular weight excluding hydrogens is 536 g/mol. The number of amides is 3. The molecule has 3 aromatic rings. The number of carbonyl (C=O) groups excluding carboxylic acids is 3. The lowest BCUT2D eigenvalue weighted by Crippen LogP contribution is -2.57. The fourth-order valence-corrected chi connectivity index (χ4v) is 6.70. The predicted octanol–water partition coefficient (Wildman–Crippen LogP) is 4.47. The van der Waals surface area contributed by atoms with Crippen molar-refractivity contribution in [2.75, 3.05) is 18.9 Å². The van der Waals surface area contributed by atoms with E-state index in [4.69, 9.17) is 4.98 Å². The Bertz CT molecular complexity index is 1340. The lowest BCUT2D eigenvalue weighted by atomic mass is 9.83. The Kier molecular flexibility index (Phi) is 9.41. The van der Waals surface area contributed by atoms with E-state index in [1.165, 1.54) is 11.3 Å². The summed E-state index contributed by atoms with van der Waals surface area (Å²) in [7, 11) is 1.73. The van der Waals surface area contributed by atoms with Crippen molar-refractivity contribution in [1.82, 2.24) is 25.5 Å². The van der Waals surface area contributed by atoms with Crippen molar-refractivity contribution in [2.45, 2.75) is 70.0 Å². The average molecular weight is 575 g/mol. The van der Waals surface area contributed by atoms with Gasteiger partial charge in [-0.2, -0.15) is 0 Å². The second-order valence-electron chi connectivity index (χ2n) is 10.9. The van der Waals surface area contributed by atoms with E-state index in [9.17, 15) is 14.4 Å². The number of anilines is 1. The maximum Gasteiger partial charge on any atom is 0.247 e. The molecule has 0 unspecified atom stereocenters. The fourth-order valence-electron chi connectivity index (χ4n) is 5.73. The molecule has 1 saturated heterocycles. The highest BCUT2D eigenvalue weighted by Gasteiger charge is 2.41. The first-order chi connectivity index (χ1) is 20.0. The molecule has 1 aromatic carbocycles. The van der Waals surface area contributed by atoms with Gasteiger partial charge >= 0.3 is 0 Å². The number of likely N-dealkylation sites (tertiary alicyclic amines) is 1. The van der Waals surface area contributed by atoms with Crippen LogP contribution in [0.15, 0.2) is 54.7 Å². The van der Waals surface area contributed by atoms with Crippen LogP contribution in [0.4, 0.5) is 5.00 Å². The molecule has 0 radical (unpaired) electrons. The van der Waals surface area contributed by atoms with E-state index >= 15 is 0 Å². The minimum atomic E-state index is -0.633. The van der Waals surface area contributed by atoms with Crippen molar-refractivity contribution < 1.29 is 14.4 Å². The zero-order valence-electron chi connectivity index (χ0n) is 23.6. The molecule has 2 aliphatic rings. The van der Waals surface area contributed by atoms with Crippen molar-refractivity contribution >= 4 is 34.1 Å². The van der Waals surface area contributed by atoms with E-state index in [1.807, 2.05) is 48.5 Å². The summed E-state index contributed by atoms with van der Waals surface area (Å²) in [6, 6.07) is 13.7. The van der Waals surface area contributed by atoms with Crippen LogP contribution in [0.3, 0.4) is 0 Å². The number of nitrogens with one attached hydrogen (secondary N) is 3. The van der Waals surface area contributed by atoms with Gasteiger partial charge in [0.05, 0.1) is 11.7 Å². The summed E-state index contributed by atoms with van der Waals surface area (Å²) in [5, 5.41) is 10.4. The van der Waals surface area contributed by atoms with E-state index in [1.54, 1.807) is 25.1 Å². The quantitative estimate of drug-likeness (QED) is 0.347. The maximum absolute atomic E-state index is 14.0. The number of nitrogens with zero attached hydrogens (tertiary/aromatic N) is 3. The van der Waals surface area contributed by atoms with Crippen LogP contribution < -0.4 is 16.0 Å². The van der Waals surface area contributed by atoms with Crippen molar-refractivity contribution in [1.29, 1.82) is 0 Å². The minimum Gasteiger partial charge on any atom is -0.343 e. The zero-order valence-corrected chi connectivity index (χ0v) is 24.5. The smallest absolute Gasteiger partial charge is 0.247 e. The van der Waals surface area contributed by atoms with Crippen LogP contribution in [0.1, 0.15) is 51.9 Å². The summed E-state index contributed by atoms with van der Waals surface area (Å²) in [5.41, 5.74) is 2.29. The van der Waals surface area contributed by atoms with Crippen LogP contribution in [0.5, 0.6) is 0 Å². The maximum atomic E-state index is 14.0. The molecule has 2 aromatic heterocycles. The van der Waals surface area contributed by atoms with Crippen LogP contribution in [0.25, 0.3) is 22.0 Å². The molecule has 3 heterocycles. The SMILES string of the molecule is CN[C@@H](C)C(=O)N[C@H](C(=O)N1CCC[C@H]1C(=O)Nc1sc(-c2ccccn2)nc1-c1ccccc1)C1CCCCC1. The number of likely N-dealkylation sites (N-methyl/N-ethyl adjacent to an activating group) is 1. The van der Waals surface area contributed by atoms with Gasteiger partial charge in [0.1, 0.15) is 27.8 Å². The van der Waals surface area contributed by atoms with Crippen molar-refractivity contribution in [2.24, 2.45) is 5.92 Å². The topological polar surface area (TPSA) is 116 Å². The summed E-state index contributed by atoms with van der Waals surface area (Å²) in [6.45, 7) is 2.27. The molecule has 41 heavy (non-hydrogen) atoms. The molecule has 0 spiro atoms. The Morgan fingerprint density at radius 1 is 0.976 bits per heavy atom. The van der Waals surface area contributed by atoms with Gasteiger partial charge < -0.3 is 20.9 Å². The summed E-state index contributed by atoms with van der Waals surface area (Å²) in [4.78, 5) is 51.6. The Morgan fingerprint density at radius 2 is 1.73 bits per heavy atom. The number of hydrogen-bond donors (Lipinski definition) is 3. The second kappa shape index (κ2) is 13.4. The van der Waals surface area contributed by atoms with Crippen LogP contribution in [0.2, 0.25) is 0 Å². The molecule has 0 bridgehead atoms. The van der Waals surface area contributed by atoms with Gasteiger partial charge in [0, 0.05) is 18.3 Å². The lowest BCUT2D eigenvalue weighted by Gasteiger charge is -2.35. The van der Waals surface area contributed by atoms with Crippen molar-refractivity contribution in [3.8, 4) is 22.0 Å². The predicted molar refractivity (Wildman–Crippen MR) is 161 cm³/mol. The van der Waals surface area contributed by atoms with E-state index in [0.29, 0.717) is 28.7 Å². The highest BCUT2D eigenvalue weighted by Crippen LogP contribution is 2.38. The third kappa shape index (κ3) is 6.65. The molecule has 2 fully saturated rings. The van der Waals surface area contributed by atoms with Crippen LogP contribution in [-0.2, 0) is 14.4 Å². The van der Waals surface area contributed by atoms with E-state index < -0.39 is 18.1 Å². The number of aromatic nitrogens is 2. The Balaban J connectivity index is 1.38. The number of carbonyl (C=O) groups is 3. The monoisotopic (exact) mass is 574 g/mol. The molecular formula is C31H38N6O3S. The highest BCUT2D eigenvalue weighted by atomic mass is 32.1. The normalized spacial score (nSPS) is 19.0. The molecule has 3 atom stereocenters. The largest absolute Gasteiger partial charge is 0.343 e. The molecule has 216 valence electrons. The first-order valence-electron chi connectivity index (χ1n) is 14.5. The average Bonchev–Trinajstić information content (AvgIpc) is 3.68. The van der Waals surface area contributed by atoms with Gasteiger partial charge in [0.2, 0.25) is 17.7 Å². The summed E-state index contributed by atoms with van der Waals surface area (Å²) < 4.78 is 0. The van der Waals surface area contributed by atoms with Crippen molar-refractivity contribution in [3.63, 3.8) is 0 Å². The van der Waals surface area contributed by atoms with Crippen LogP contribution in [-0.4, -0.2) is 64.3 Å². The molecule has 5 rings (SSSR count). The number of thiazole rings is 1. The van der Waals surface area contributed by atoms with Gasteiger partial charge in [0.25, 0.3) is 0 Å². The van der Waals surface area contributed by atoms with Crippen LogP contribution >= 0.6 is 11.3 Å². The molecule has 9 nitrogen and oxygen atoms in total. The Labute approximate surface area is 245 Å². The first kappa shape index (κ1) is 28.9. The molecule has 10 heteroatoms. The third-order valence-electron chi connectivity index (χ3n) is 8.15. The zero-order chi connectivity index (χ0) is 28.8.